The Bertz CT molecular complexity index is 956. The normalized spacial score (nSPS) is 13.4. The van der Waals surface area contributed by atoms with Crippen LogP contribution >= 0.6 is 0 Å². The van der Waals surface area contributed by atoms with E-state index in [9.17, 15) is 23.2 Å². The third-order valence-electron chi connectivity index (χ3n) is 3.91. The van der Waals surface area contributed by atoms with Gasteiger partial charge in [0.15, 0.2) is 0 Å². The van der Waals surface area contributed by atoms with E-state index in [2.05, 4.69) is 10.1 Å². The molecule has 0 saturated carbocycles. The average Bonchev–Trinajstić information content (AvgIpc) is 2.85. The third kappa shape index (κ3) is 3.84. The highest BCUT2D eigenvalue weighted by atomic mass is 19.3. The second-order valence-electron chi connectivity index (χ2n) is 5.67. The molecule has 0 aromatic heterocycles. The summed E-state index contributed by atoms with van der Waals surface area (Å²) in [6, 6.07) is 10.4. The Morgan fingerprint density at radius 3 is 2.56 bits per heavy atom. The van der Waals surface area contributed by atoms with Crippen molar-refractivity contribution in [3.8, 4) is 5.75 Å². The van der Waals surface area contributed by atoms with Crippen molar-refractivity contribution in [3.05, 3.63) is 65.2 Å². The molecule has 0 fully saturated rings. The van der Waals surface area contributed by atoms with Gasteiger partial charge >= 0.3 is 6.61 Å². The predicted octanol–water partition coefficient (Wildman–Crippen LogP) is 3.17. The molecule has 2 aromatic rings. The molecule has 1 aliphatic rings. The topological polar surface area (TPSA) is 75.7 Å². The van der Waals surface area contributed by atoms with E-state index in [1.165, 1.54) is 49.5 Å². The van der Waals surface area contributed by atoms with Crippen molar-refractivity contribution in [2.75, 3.05) is 12.4 Å². The number of fused-ring (bicyclic) bond motifs is 1. The second kappa shape index (κ2) is 7.36. The largest absolute Gasteiger partial charge is 0.434 e. The van der Waals surface area contributed by atoms with Crippen LogP contribution in [0.2, 0.25) is 0 Å². The van der Waals surface area contributed by atoms with E-state index < -0.39 is 24.3 Å². The van der Waals surface area contributed by atoms with Gasteiger partial charge in [0.1, 0.15) is 5.75 Å². The number of rotatable bonds is 5. The van der Waals surface area contributed by atoms with Gasteiger partial charge in [-0.3, -0.25) is 19.3 Å². The number of ether oxygens (including phenoxy) is 1. The van der Waals surface area contributed by atoms with E-state index in [1.54, 1.807) is 6.07 Å². The summed E-state index contributed by atoms with van der Waals surface area (Å²) >= 11 is 0. The molecular weight excluding hydrogens is 358 g/mol. The first-order valence-corrected chi connectivity index (χ1v) is 7.86. The van der Waals surface area contributed by atoms with Gasteiger partial charge in [0.2, 0.25) is 5.91 Å². The Labute approximate surface area is 153 Å². The van der Waals surface area contributed by atoms with Gasteiger partial charge in [-0.1, -0.05) is 18.2 Å². The van der Waals surface area contributed by atoms with E-state index in [1.807, 2.05) is 0 Å². The zero-order chi connectivity index (χ0) is 19.6. The van der Waals surface area contributed by atoms with Gasteiger partial charge in [-0.05, 0) is 30.3 Å². The lowest BCUT2D eigenvalue weighted by Crippen LogP contribution is -2.24. The molecule has 1 heterocycles. The number of amides is 3. The quantitative estimate of drug-likeness (QED) is 0.646. The fraction of sp³-hybridized carbons (Fsp3) is 0.105. The maximum absolute atomic E-state index is 12.4. The molecule has 0 atom stereocenters. The van der Waals surface area contributed by atoms with E-state index in [-0.39, 0.29) is 16.9 Å². The van der Waals surface area contributed by atoms with Crippen molar-refractivity contribution >= 4 is 29.5 Å². The van der Waals surface area contributed by atoms with Crippen molar-refractivity contribution in [1.29, 1.82) is 0 Å². The number of halogens is 2. The Morgan fingerprint density at radius 2 is 1.81 bits per heavy atom. The molecular formula is C19H14F2N2O4. The van der Waals surface area contributed by atoms with Gasteiger partial charge in [-0.15, -0.1) is 0 Å². The highest BCUT2D eigenvalue weighted by Crippen LogP contribution is 2.25. The van der Waals surface area contributed by atoms with Gasteiger partial charge in [0.25, 0.3) is 11.8 Å². The van der Waals surface area contributed by atoms with Crippen LogP contribution in [0, 0.1) is 0 Å². The molecule has 2 aromatic carbocycles. The SMILES string of the molecule is CN1C(=O)c2ccc(NC(=O)/C=C/c3ccccc3OC(F)F)cc2C1=O. The molecule has 1 aliphatic heterocycles. The minimum Gasteiger partial charge on any atom is -0.434 e. The van der Waals surface area contributed by atoms with Crippen LogP contribution in [0.4, 0.5) is 14.5 Å². The molecule has 1 N–H and O–H groups in total. The van der Waals surface area contributed by atoms with Crippen LogP contribution in [0.1, 0.15) is 26.3 Å². The number of nitrogens with one attached hydrogen (secondary N) is 1. The van der Waals surface area contributed by atoms with Crippen molar-refractivity contribution in [3.63, 3.8) is 0 Å². The Hall–Kier alpha value is -3.55. The van der Waals surface area contributed by atoms with Gasteiger partial charge in [0.05, 0.1) is 11.1 Å². The number of imide groups is 1. The summed E-state index contributed by atoms with van der Waals surface area (Å²) in [6.45, 7) is -2.97. The fourth-order valence-corrected chi connectivity index (χ4v) is 2.61. The van der Waals surface area contributed by atoms with Crippen LogP contribution in [-0.4, -0.2) is 36.3 Å². The number of benzene rings is 2. The van der Waals surface area contributed by atoms with E-state index >= 15 is 0 Å². The van der Waals surface area contributed by atoms with Crippen molar-refractivity contribution in [2.24, 2.45) is 0 Å². The molecule has 6 nitrogen and oxygen atoms in total. The number of hydrogen-bond donors (Lipinski definition) is 1. The van der Waals surface area contributed by atoms with Crippen molar-refractivity contribution in [1.82, 2.24) is 4.90 Å². The smallest absolute Gasteiger partial charge is 0.387 e. The van der Waals surface area contributed by atoms with Gasteiger partial charge in [-0.25, -0.2) is 0 Å². The zero-order valence-electron chi connectivity index (χ0n) is 14.1. The van der Waals surface area contributed by atoms with Gasteiger partial charge in [-0.2, -0.15) is 8.78 Å². The van der Waals surface area contributed by atoms with Gasteiger partial charge < -0.3 is 10.1 Å². The Morgan fingerprint density at radius 1 is 1.11 bits per heavy atom. The predicted molar refractivity (Wildman–Crippen MR) is 93.6 cm³/mol. The summed E-state index contributed by atoms with van der Waals surface area (Å²) in [6.07, 6.45) is 2.49. The molecule has 0 spiro atoms. The average molecular weight is 372 g/mol. The van der Waals surface area contributed by atoms with Crippen molar-refractivity contribution in [2.45, 2.75) is 6.61 Å². The number of anilines is 1. The number of para-hydroxylation sites is 1. The molecule has 8 heteroatoms. The van der Waals surface area contributed by atoms with Crippen LogP contribution in [0.5, 0.6) is 5.75 Å². The number of nitrogens with zero attached hydrogens (tertiary/aromatic N) is 1. The van der Waals surface area contributed by atoms with Crippen LogP contribution in [0.15, 0.2) is 48.5 Å². The molecule has 0 bridgehead atoms. The number of hydrogen-bond acceptors (Lipinski definition) is 4. The highest BCUT2D eigenvalue weighted by Gasteiger charge is 2.32. The van der Waals surface area contributed by atoms with Crippen molar-refractivity contribution < 1.29 is 27.9 Å². The van der Waals surface area contributed by atoms with Gasteiger partial charge in [0, 0.05) is 24.4 Å². The maximum atomic E-state index is 12.4. The van der Waals surface area contributed by atoms with Crippen LogP contribution < -0.4 is 10.1 Å². The van der Waals surface area contributed by atoms with E-state index in [0.29, 0.717) is 11.3 Å². The summed E-state index contributed by atoms with van der Waals surface area (Å²) < 4.78 is 29.2. The molecule has 0 radical (unpaired) electrons. The van der Waals surface area contributed by atoms with E-state index in [0.717, 1.165) is 11.0 Å². The number of carbonyl (C=O) groups is 3. The summed E-state index contributed by atoms with van der Waals surface area (Å²) in [5.74, 6) is -1.43. The minimum atomic E-state index is -2.97. The molecule has 0 saturated heterocycles. The third-order valence-corrected chi connectivity index (χ3v) is 3.91. The first-order valence-electron chi connectivity index (χ1n) is 7.86. The van der Waals surface area contributed by atoms with Crippen LogP contribution in [-0.2, 0) is 4.79 Å². The summed E-state index contributed by atoms with van der Waals surface area (Å²) in [5, 5.41) is 2.56. The maximum Gasteiger partial charge on any atom is 0.387 e. The monoisotopic (exact) mass is 372 g/mol. The standard InChI is InChI=1S/C19H14F2N2O4/c1-23-17(25)13-8-7-12(10-14(13)18(23)26)22-16(24)9-6-11-4-2-3-5-15(11)27-19(20)21/h2-10,19H,1H3,(H,22,24)/b9-6+. The molecule has 138 valence electrons. The fourth-order valence-electron chi connectivity index (χ4n) is 2.61. The number of alkyl halides is 2. The van der Waals surface area contributed by atoms with Crippen LogP contribution in [0.3, 0.4) is 0 Å². The van der Waals surface area contributed by atoms with E-state index in [4.69, 9.17) is 0 Å². The molecule has 27 heavy (non-hydrogen) atoms. The molecule has 0 aliphatic carbocycles. The lowest BCUT2D eigenvalue weighted by atomic mass is 10.1. The lowest BCUT2D eigenvalue weighted by molar-refractivity contribution is -0.111. The molecule has 0 unspecified atom stereocenters. The zero-order valence-corrected chi connectivity index (χ0v) is 14.1. The van der Waals surface area contributed by atoms with Crippen LogP contribution in [0.25, 0.3) is 6.08 Å². The highest BCUT2D eigenvalue weighted by molar-refractivity contribution is 6.21. The summed E-state index contributed by atoms with van der Waals surface area (Å²) in [5.41, 5.74) is 1.12. The number of carbonyl (C=O) groups excluding carboxylic acids is 3. The summed E-state index contributed by atoms with van der Waals surface area (Å²) in [4.78, 5) is 36.9. The Kier molecular flexibility index (Phi) is 4.98. The minimum absolute atomic E-state index is 0.0544. The first-order chi connectivity index (χ1) is 12.9. The lowest BCUT2D eigenvalue weighted by Gasteiger charge is -2.07. The molecule has 3 rings (SSSR count). The molecule has 3 amide bonds. The Balaban J connectivity index is 1.73. The summed E-state index contributed by atoms with van der Waals surface area (Å²) in [7, 11) is 1.38. The second-order valence-corrected chi connectivity index (χ2v) is 5.67. The first kappa shape index (κ1) is 18.2.